The van der Waals surface area contributed by atoms with E-state index in [2.05, 4.69) is 15.3 Å². The molecule has 0 saturated carbocycles. The molecule has 0 spiro atoms. The number of benzene rings is 5. The van der Waals surface area contributed by atoms with E-state index in [1.54, 1.807) is 66.7 Å². The van der Waals surface area contributed by atoms with Crippen LogP contribution in [0.25, 0.3) is 21.6 Å². The van der Waals surface area contributed by atoms with Gasteiger partial charge < -0.3 is 19.9 Å². The zero-order valence-electron chi connectivity index (χ0n) is 26.6. The molecule has 0 aliphatic carbocycles. The molecule has 1 aliphatic rings. The third-order valence-corrected chi connectivity index (χ3v) is 8.35. The monoisotopic (exact) mass is 655 g/mol. The van der Waals surface area contributed by atoms with Crippen LogP contribution in [-0.2, 0) is 22.5 Å². The third-order valence-electron chi connectivity index (χ3n) is 8.35. The lowest BCUT2D eigenvalue weighted by Crippen LogP contribution is -2.49. The minimum atomic E-state index is -1.59. The van der Waals surface area contributed by atoms with Gasteiger partial charge in [0.25, 0.3) is 5.91 Å². The van der Waals surface area contributed by atoms with Crippen molar-refractivity contribution in [2.24, 2.45) is 10.1 Å². The molecule has 246 valence electrons. The maximum Gasteiger partial charge on any atom is 0.252 e. The number of amides is 1. The first-order valence-corrected chi connectivity index (χ1v) is 15.9. The number of ether oxygens (including phenoxy) is 2. The molecule has 9 nitrogen and oxygen atoms in total. The molecule has 1 aliphatic heterocycles. The molecule has 5 aromatic rings. The maximum absolute atomic E-state index is 14.7. The molecule has 49 heavy (non-hydrogen) atoms. The Hall–Kier alpha value is -5.96. The molecule has 0 fully saturated rings. The van der Waals surface area contributed by atoms with Crippen molar-refractivity contribution in [2.75, 3.05) is 13.2 Å². The van der Waals surface area contributed by atoms with Crippen LogP contribution in [0.1, 0.15) is 34.8 Å². The van der Waals surface area contributed by atoms with Gasteiger partial charge in [0, 0.05) is 47.7 Å². The lowest BCUT2D eigenvalue weighted by molar-refractivity contribution is -0.129. The lowest BCUT2D eigenvalue weighted by atomic mass is 9.81. The molecule has 0 saturated heterocycles. The zero-order valence-corrected chi connectivity index (χ0v) is 26.6. The summed E-state index contributed by atoms with van der Waals surface area (Å²) in [6.07, 6.45) is -0.389. The Bertz CT molecular complexity index is 1980. The highest BCUT2D eigenvalue weighted by molar-refractivity contribution is 6.01. The third kappa shape index (κ3) is 7.46. The van der Waals surface area contributed by atoms with Gasteiger partial charge in [-0.2, -0.15) is 0 Å². The molecule has 0 unspecified atom stereocenters. The van der Waals surface area contributed by atoms with Crippen molar-refractivity contribution in [1.29, 1.82) is 0 Å². The second-order valence-electron chi connectivity index (χ2n) is 11.5. The number of hydrogen-bond donors (Lipinski definition) is 2. The van der Waals surface area contributed by atoms with Crippen molar-refractivity contribution in [3.63, 3.8) is 0 Å². The van der Waals surface area contributed by atoms with E-state index in [4.69, 9.17) is 19.6 Å². The van der Waals surface area contributed by atoms with Gasteiger partial charge in [0.05, 0.1) is 6.61 Å². The Kier molecular flexibility index (Phi) is 10.3. The van der Waals surface area contributed by atoms with Crippen LogP contribution in [0.4, 0.5) is 10.1 Å². The van der Waals surface area contributed by atoms with Gasteiger partial charge in [-0.25, -0.2) is 9.38 Å². The molecule has 1 amide bonds. The second-order valence-corrected chi connectivity index (χ2v) is 11.5. The number of hydrogen-bond acceptors (Lipinski definition) is 6. The van der Waals surface area contributed by atoms with Crippen molar-refractivity contribution in [3.8, 4) is 16.9 Å². The SMILES string of the molecule is [N-]=[N+]=Nc1ccccc1C[C@@]1(C(=O)NCc2ccccc2F)N=C(c2ccc(OCCCO)cc2)O[C@@H]1c1ccc(-c2ccccc2)cc1. The number of carbonyl (C=O) groups is 1. The van der Waals surface area contributed by atoms with Crippen molar-refractivity contribution < 1.29 is 23.8 Å². The first kappa shape index (κ1) is 33.0. The van der Waals surface area contributed by atoms with Crippen LogP contribution in [0.5, 0.6) is 5.75 Å². The standard InChI is InChI=1S/C39H34FN5O4/c40-34-13-6-4-12-32(34)26-42-38(47)39(25-31-11-5-7-14-35(31)44-45-41)36(29-17-15-28(16-18-29)27-9-2-1-3-10-27)49-37(43-39)30-19-21-33(22-20-30)48-24-8-23-46/h1-7,9-22,36,46H,8,23-26H2,(H,42,47)/t36-,39-/m1/s1. The second kappa shape index (κ2) is 15.3. The molecule has 0 aromatic heterocycles. The molecule has 1 heterocycles. The van der Waals surface area contributed by atoms with Crippen LogP contribution >= 0.6 is 0 Å². The van der Waals surface area contributed by atoms with Crippen LogP contribution in [0.3, 0.4) is 0 Å². The Morgan fingerprint density at radius 3 is 2.24 bits per heavy atom. The van der Waals surface area contributed by atoms with E-state index in [0.29, 0.717) is 46.7 Å². The maximum atomic E-state index is 14.7. The summed E-state index contributed by atoms with van der Waals surface area (Å²) in [5.41, 5.74) is 12.3. The normalized spacial score (nSPS) is 16.6. The van der Waals surface area contributed by atoms with Crippen molar-refractivity contribution >= 4 is 17.5 Å². The van der Waals surface area contributed by atoms with Crippen LogP contribution < -0.4 is 10.1 Å². The van der Waals surface area contributed by atoms with Gasteiger partial charge in [-0.15, -0.1) is 0 Å². The Morgan fingerprint density at radius 1 is 0.878 bits per heavy atom. The van der Waals surface area contributed by atoms with Gasteiger partial charge in [-0.05, 0) is 58.1 Å². The smallest absolute Gasteiger partial charge is 0.252 e. The van der Waals surface area contributed by atoms with Crippen molar-refractivity contribution in [3.05, 3.63) is 166 Å². The fourth-order valence-electron chi connectivity index (χ4n) is 5.83. The van der Waals surface area contributed by atoms with Crippen LogP contribution in [-0.4, -0.2) is 35.7 Å². The predicted octanol–water partition coefficient (Wildman–Crippen LogP) is 8.01. The summed E-state index contributed by atoms with van der Waals surface area (Å²) in [7, 11) is 0. The number of azide groups is 1. The average molecular weight is 656 g/mol. The number of nitrogens with one attached hydrogen (secondary N) is 1. The van der Waals surface area contributed by atoms with E-state index in [1.807, 2.05) is 54.6 Å². The average Bonchev–Trinajstić information content (AvgIpc) is 3.53. The minimum Gasteiger partial charge on any atom is -0.494 e. The summed E-state index contributed by atoms with van der Waals surface area (Å²) < 4.78 is 27.0. The highest BCUT2D eigenvalue weighted by Gasteiger charge is 2.53. The number of rotatable bonds is 13. The highest BCUT2D eigenvalue weighted by Crippen LogP contribution is 2.44. The number of nitrogens with zero attached hydrogens (tertiary/aromatic N) is 4. The van der Waals surface area contributed by atoms with E-state index >= 15 is 0 Å². The van der Waals surface area contributed by atoms with Gasteiger partial charge in [0.15, 0.2) is 11.6 Å². The van der Waals surface area contributed by atoms with Gasteiger partial charge in [0.1, 0.15) is 11.6 Å². The van der Waals surface area contributed by atoms with E-state index < -0.39 is 23.4 Å². The first-order chi connectivity index (χ1) is 24.0. The van der Waals surface area contributed by atoms with Crippen LogP contribution in [0.15, 0.2) is 138 Å². The van der Waals surface area contributed by atoms with Crippen molar-refractivity contribution in [2.45, 2.75) is 31.0 Å². The molecule has 10 heteroatoms. The summed E-state index contributed by atoms with van der Waals surface area (Å²) in [5, 5.41) is 15.9. The van der Waals surface area contributed by atoms with E-state index in [9.17, 15) is 14.7 Å². The molecule has 6 rings (SSSR count). The first-order valence-electron chi connectivity index (χ1n) is 15.9. The molecular weight excluding hydrogens is 621 g/mol. The number of aliphatic imine (C=N–C) groups is 1. The topological polar surface area (TPSA) is 129 Å². The molecule has 0 radical (unpaired) electrons. The number of aliphatic hydroxyl groups excluding tert-OH is 1. The Morgan fingerprint density at radius 2 is 1.53 bits per heavy atom. The number of halogens is 1. The summed E-state index contributed by atoms with van der Waals surface area (Å²) in [6, 6.07) is 38.1. The zero-order chi connectivity index (χ0) is 34.1. The summed E-state index contributed by atoms with van der Waals surface area (Å²) in [6.45, 7) is 0.320. The molecule has 2 atom stereocenters. The van der Waals surface area contributed by atoms with Gasteiger partial charge in [-0.1, -0.05) is 102 Å². The van der Waals surface area contributed by atoms with Gasteiger partial charge in [0.2, 0.25) is 5.90 Å². The fraction of sp³-hybridized carbons (Fsp3) is 0.179. The predicted molar refractivity (Wildman–Crippen MR) is 186 cm³/mol. The largest absolute Gasteiger partial charge is 0.494 e. The molecule has 0 bridgehead atoms. The van der Waals surface area contributed by atoms with Gasteiger partial charge in [-0.3, -0.25) is 4.79 Å². The van der Waals surface area contributed by atoms with Crippen LogP contribution in [0.2, 0.25) is 0 Å². The highest BCUT2D eigenvalue weighted by atomic mass is 19.1. The number of aliphatic hydroxyl groups is 1. The molecule has 5 aromatic carbocycles. The Balaban J connectivity index is 1.44. The minimum absolute atomic E-state index is 0.0161. The van der Waals surface area contributed by atoms with Crippen molar-refractivity contribution in [1.82, 2.24) is 5.32 Å². The van der Waals surface area contributed by atoms with E-state index in [1.165, 1.54) is 6.07 Å². The number of carbonyl (C=O) groups excluding carboxylic acids is 1. The van der Waals surface area contributed by atoms with Gasteiger partial charge >= 0.3 is 0 Å². The molecule has 2 N–H and O–H groups in total. The lowest BCUT2D eigenvalue weighted by Gasteiger charge is -2.31. The van der Waals surface area contributed by atoms with E-state index in [-0.39, 0.29) is 25.5 Å². The quantitative estimate of drug-likeness (QED) is 0.0576. The fourth-order valence-corrected chi connectivity index (χ4v) is 5.83. The summed E-state index contributed by atoms with van der Waals surface area (Å²) in [5.74, 6) is -0.0725. The van der Waals surface area contributed by atoms with E-state index in [0.717, 1.165) is 11.1 Å². The summed E-state index contributed by atoms with van der Waals surface area (Å²) in [4.78, 5) is 22.7. The molecular formula is C39H34FN5O4. The summed E-state index contributed by atoms with van der Waals surface area (Å²) >= 11 is 0. The van der Waals surface area contributed by atoms with Crippen LogP contribution in [0, 0.1) is 5.82 Å². The Labute approximate surface area is 283 Å².